The maximum Gasteiger partial charge on any atom is 0.413 e. The Morgan fingerprint density at radius 1 is 1.13 bits per heavy atom. The van der Waals surface area contributed by atoms with Crippen LogP contribution in [0.25, 0.3) is 10.2 Å². The Balaban J connectivity index is 1.79. The van der Waals surface area contributed by atoms with E-state index in [1.807, 2.05) is 0 Å². The molecule has 0 unspecified atom stereocenters. The molecular formula is C20H21N3O5S2. The summed E-state index contributed by atoms with van der Waals surface area (Å²) in [6, 6.07) is 5.01. The van der Waals surface area contributed by atoms with E-state index in [2.05, 4.69) is 15.6 Å². The number of nitrogens with one attached hydrogen (secondary N) is 2. The van der Waals surface area contributed by atoms with Crippen LogP contribution in [-0.4, -0.2) is 35.7 Å². The Hall–Kier alpha value is -2.98. The number of aromatic nitrogens is 1. The number of ether oxygens (including phenoxy) is 2. The highest BCUT2D eigenvalue weighted by Crippen LogP contribution is 2.30. The number of nitrogens with zero attached hydrogens (tertiary/aromatic N) is 1. The van der Waals surface area contributed by atoms with Gasteiger partial charge in [-0.05, 0) is 56.8 Å². The van der Waals surface area contributed by atoms with E-state index < -0.39 is 17.7 Å². The fraction of sp³-hybridized carbons (Fsp3) is 0.300. The van der Waals surface area contributed by atoms with Crippen LogP contribution in [0.4, 0.5) is 15.6 Å². The molecule has 10 heteroatoms. The molecule has 2 N–H and O–H groups in total. The van der Waals surface area contributed by atoms with Gasteiger partial charge >= 0.3 is 12.1 Å². The minimum absolute atomic E-state index is 0.339. The lowest BCUT2D eigenvalue weighted by atomic mass is 10.2. The molecule has 3 aromatic rings. The number of rotatable bonds is 4. The zero-order valence-corrected chi connectivity index (χ0v) is 18.7. The summed E-state index contributed by atoms with van der Waals surface area (Å²) in [5.74, 6) is -0.863. The van der Waals surface area contributed by atoms with Crippen LogP contribution < -0.4 is 10.6 Å². The molecule has 30 heavy (non-hydrogen) atoms. The van der Waals surface area contributed by atoms with E-state index in [0.29, 0.717) is 26.8 Å². The van der Waals surface area contributed by atoms with E-state index in [-0.39, 0.29) is 5.91 Å². The average molecular weight is 448 g/mol. The zero-order chi connectivity index (χ0) is 22.1. The van der Waals surface area contributed by atoms with Gasteiger partial charge in [0.2, 0.25) is 0 Å². The van der Waals surface area contributed by atoms with Gasteiger partial charge in [-0.15, -0.1) is 11.3 Å². The Morgan fingerprint density at radius 3 is 2.53 bits per heavy atom. The maximum atomic E-state index is 12.7. The van der Waals surface area contributed by atoms with Crippen molar-refractivity contribution in [3.05, 3.63) is 39.6 Å². The Morgan fingerprint density at radius 2 is 1.87 bits per heavy atom. The van der Waals surface area contributed by atoms with Gasteiger partial charge in [-0.1, -0.05) is 11.3 Å². The Labute approximate surface area is 181 Å². The summed E-state index contributed by atoms with van der Waals surface area (Å²) in [5.41, 5.74) is 1.64. The van der Waals surface area contributed by atoms with Gasteiger partial charge < -0.3 is 14.8 Å². The molecule has 158 valence electrons. The van der Waals surface area contributed by atoms with Crippen molar-refractivity contribution in [1.82, 2.24) is 4.98 Å². The van der Waals surface area contributed by atoms with Gasteiger partial charge in [0, 0.05) is 5.56 Å². The second-order valence-corrected chi connectivity index (χ2v) is 9.31. The molecule has 0 fully saturated rings. The lowest BCUT2D eigenvalue weighted by molar-refractivity contribution is 0.0604. The molecule has 3 rings (SSSR count). The fourth-order valence-corrected chi connectivity index (χ4v) is 4.35. The van der Waals surface area contributed by atoms with Crippen LogP contribution in [0.2, 0.25) is 0 Å². The summed E-state index contributed by atoms with van der Waals surface area (Å²) < 4.78 is 10.7. The first-order valence-corrected chi connectivity index (χ1v) is 10.7. The quantitative estimate of drug-likeness (QED) is 0.542. The van der Waals surface area contributed by atoms with Gasteiger partial charge in [0.15, 0.2) is 5.13 Å². The third-order valence-corrected chi connectivity index (χ3v) is 5.85. The molecule has 2 amide bonds. The van der Waals surface area contributed by atoms with E-state index in [9.17, 15) is 14.4 Å². The second-order valence-electron chi connectivity index (χ2n) is 7.40. The number of amides is 2. The number of anilines is 2. The number of aryl methyl sites for hydroxylation is 1. The molecule has 8 nitrogen and oxygen atoms in total. The van der Waals surface area contributed by atoms with E-state index in [1.165, 1.54) is 29.8 Å². The molecule has 0 aliphatic heterocycles. The normalized spacial score (nSPS) is 11.2. The van der Waals surface area contributed by atoms with Crippen molar-refractivity contribution in [3.63, 3.8) is 0 Å². The largest absolute Gasteiger partial charge is 0.465 e. The van der Waals surface area contributed by atoms with Gasteiger partial charge in [0.1, 0.15) is 10.5 Å². The number of carbonyl (C=O) groups excluding carboxylic acids is 3. The highest BCUT2D eigenvalue weighted by Gasteiger charge is 2.20. The lowest BCUT2D eigenvalue weighted by Gasteiger charge is -2.18. The van der Waals surface area contributed by atoms with Gasteiger partial charge in [-0.2, -0.15) is 0 Å². The fourth-order valence-electron chi connectivity index (χ4n) is 2.54. The monoisotopic (exact) mass is 447 g/mol. The van der Waals surface area contributed by atoms with E-state index in [0.717, 1.165) is 10.3 Å². The molecule has 0 saturated carbocycles. The number of carbonyl (C=O) groups is 3. The molecule has 0 saturated heterocycles. The summed E-state index contributed by atoms with van der Waals surface area (Å²) in [4.78, 5) is 41.3. The number of fused-ring (bicyclic) bond motifs is 1. The van der Waals surface area contributed by atoms with Crippen molar-refractivity contribution in [3.8, 4) is 0 Å². The molecule has 0 atom stereocenters. The number of esters is 1. The second kappa shape index (κ2) is 8.41. The Kier molecular flexibility index (Phi) is 6.09. The predicted molar refractivity (Wildman–Crippen MR) is 118 cm³/mol. The number of benzene rings is 1. The molecule has 2 heterocycles. The molecule has 0 radical (unpaired) electrons. The van der Waals surface area contributed by atoms with Gasteiger partial charge in [-0.3, -0.25) is 10.1 Å². The highest BCUT2D eigenvalue weighted by atomic mass is 32.1. The first-order chi connectivity index (χ1) is 14.1. The molecular weight excluding hydrogens is 426 g/mol. The van der Waals surface area contributed by atoms with Crippen molar-refractivity contribution < 1.29 is 23.9 Å². The van der Waals surface area contributed by atoms with Crippen molar-refractivity contribution in [2.45, 2.75) is 33.3 Å². The predicted octanol–water partition coefficient (Wildman–Crippen LogP) is 5.05. The van der Waals surface area contributed by atoms with Crippen LogP contribution in [-0.2, 0) is 9.47 Å². The van der Waals surface area contributed by atoms with Crippen LogP contribution in [0, 0.1) is 6.92 Å². The smallest absolute Gasteiger partial charge is 0.413 e. The van der Waals surface area contributed by atoms with Crippen LogP contribution in [0.1, 0.15) is 46.4 Å². The van der Waals surface area contributed by atoms with Gasteiger partial charge in [-0.25, -0.2) is 14.6 Å². The summed E-state index contributed by atoms with van der Waals surface area (Å²) >= 11 is 2.44. The molecule has 0 aliphatic carbocycles. The molecule has 0 spiro atoms. The summed E-state index contributed by atoms with van der Waals surface area (Å²) in [7, 11) is 1.30. The standard InChI is InChI=1S/C20H21N3O5S2/c1-10-9-29-15(17(25)27-5)14(10)22-16(24)11-6-7-12-13(8-11)30-18(21-12)23-19(26)28-20(2,3)4/h6-9H,1-5H3,(H,22,24)(H,21,23,26). The van der Waals surface area contributed by atoms with E-state index in [4.69, 9.17) is 9.47 Å². The summed E-state index contributed by atoms with van der Waals surface area (Å²) in [6.07, 6.45) is -0.595. The number of thiophene rings is 1. The highest BCUT2D eigenvalue weighted by molar-refractivity contribution is 7.22. The van der Waals surface area contributed by atoms with Crippen LogP contribution in [0.5, 0.6) is 0 Å². The van der Waals surface area contributed by atoms with Crippen molar-refractivity contribution in [2.24, 2.45) is 0 Å². The molecule has 0 aliphatic rings. The lowest BCUT2D eigenvalue weighted by Crippen LogP contribution is -2.27. The number of hydrogen-bond donors (Lipinski definition) is 2. The van der Waals surface area contributed by atoms with Crippen molar-refractivity contribution >= 4 is 61.7 Å². The van der Waals surface area contributed by atoms with E-state index in [1.54, 1.807) is 51.3 Å². The number of methoxy groups -OCH3 is 1. The van der Waals surface area contributed by atoms with Gasteiger partial charge in [0.05, 0.1) is 23.0 Å². The van der Waals surface area contributed by atoms with Crippen LogP contribution in [0.15, 0.2) is 23.6 Å². The van der Waals surface area contributed by atoms with Crippen LogP contribution >= 0.6 is 22.7 Å². The minimum atomic E-state index is -0.616. The molecule has 0 bridgehead atoms. The molecule has 2 aromatic heterocycles. The van der Waals surface area contributed by atoms with Crippen molar-refractivity contribution in [1.29, 1.82) is 0 Å². The summed E-state index contributed by atoms with van der Waals surface area (Å²) in [5, 5.41) is 7.54. The third kappa shape index (κ3) is 4.95. The topological polar surface area (TPSA) is 107 Å². The summed E-state index contributed by atoms with van der Waals surface area (Å²) in [6.45, 7) is 7.13. The first kappa shape index (κ1) is 21.7. The van der Waals surface area contributed by atoms with Gasteiger partial charge in [0.25, 0.3) is 5.91 Å². The Bertz CT molecular complexity index is 1130. The molecule has 1 aromatic carbocycles. The first-order valence-electron chi connectivity index (χ1n) is 8.95. The number of thiazole rings is 1. The van der Waals surface area contributed by atoms with Crippen LogP contribution in [0.3, 0.4) is 0 Å². The average Bonchev–Trinajstić information content (AvgIpc) is 3.21. The third-order valence-electron chi connectivity index (χ3n) is 3.84. The van der Waals surface area contributed by atoms with Crippen molar-refractivity contribution in [2.75, 3.05) is 17.7 Å². The SMILES string of the molecule is COC(=O)c1scc(C)c1NC(=O)c1ccc2nc(NC(=O)OC(C)(C)C)sc2c1. The van der Waals surface area contributed by atoms with E-state index >= 15 is 0 Å². The maximum absolute atomic E-state index is 12.7. The minimum Gasteiger partial charge on any atom is -0.465 e. The zero-order valence-electron chi connectivity index (χ0n) is 17.1. The number of hydrogen-bond acceptors (Lipinski definition) is 8.